The monoisotopic (exact) mass is 291 g/mol. The molecule has 2 aromatic rings. The van der Waals surface area contributed by atoms with Gasteiger partial charge in [0.1, 0.15) is 11.6 Å². The van der Waals surface area contributed by atoms with Crippen molar-refractivity contribution in [1.29, 1.82) is 0 Å². The molecule has 0 aliphatic heterocycles. The maximum atomic E-state index is 13.8. The number of anilines is 1. The van der Waals surface area contributed by atoms with E-state index >= 15 is 0 Å². The first-order chi connectivity index (χ1) is 10.0. The van der Waals surface area contributed by atoms with Gasteiger partial charge >= 0.3 is 0 Å². The third-order valence-electron chi connectivity index (χ3n) is 3.22. The van der Waals surface area contributed by atoms with Crippen LogP contribution < -0.4 is 10.6 Å². The Kier molecular flexibility index (Phi) is 4.57. The van der Waals surface area contributed by atoms with Gasteiger partial charge in [-0.3, -0.25) is 4.79 Å². The van der Waals surface area contributed by atoms with Crippen molar-refractivity contribution in [3.63, 3.8) is 0 Å². The second kappa shape index (κ2) is 6.39. The minimum Gasteiger partial charge on any atom is -0.382 e. The van der Waals surface area contributed by atoms with Crippen LogP contribution in [-0.2, 0) is 6.54 Å². The molecule has 1 aromatic carbocycles. The number of benzene rings is 1. The van der Waals surface area contributed by atoms with Crippen LogP contribution in [0, 0.1) is 19.7 Å². The number of carbonyl (C=O) groups is 1. The van der Waals surface area contributed by atoms with E-state index in [1.54, 1.807) is 13.0 Å². The largest absolute Gasteiger partial charge is 0.382 e. The highest BCUT2D eigenvalue weighted by Crippen LogP contribution is 2.20. The molecule has 0 bridgehead atoms. The number of aryl methyl sites for hydroxylation is 2. The van der Waals surface area contributed by atoms with Gasteiger partial charge in [0.2, 0.25) is 0 Å². The Morgan fingerprint density at radius 1 is 1.38 bits per heavy atom. The Balaban J connectivity index is 2.16. The summed E-state index contributed by atoms with van der Waals surface area (Å²) in [6.07, 6.45) is 0. The number of aromatic nitrogens is 1. The fraction of sp³-hybridized carbons (Fsp3) is 0.333. The van der Waals surface area contributed by atoms with E-state index in [-0.39, 0.29) is 17.2 Å². The summed E-state index contributed by atoms with van der Waals surface area (Å²) in [6.45, 7) is 6.27. The zero-order valence-electron chi connectivity index (χ0n) is 12.3. The molecular formula is C15H18FN3O2. The molecule has 0 atom stereocenters. The Bertz CT molecular complexity index is 633. The van der Waals surface area contributed by atoms with Crippen molar-refractivity contribution in [3.05, 3.63) is 46.6 Å². The molecule has 112 valence electrons. The Morgan fingerprint density at radius 3 is 2.76 bits per heavy atom. The second-order valence-electron chi connectivity index (χ2n) is 4.68. The summed E-state index contributed by atoms with van der Waals surface area (Å²) in [5.74, 6) is -0.119. The van der Waals surface area contributed by atoms with Gasteiger partial charge in [-0.1, -0.05) is 11.2 Å². The van der Waals surface area contributed by atoms with Gasteiger partial charge in [-0.15, -0.1) is 0 Å². The highest BCUT2D eigenvalue weighted by Gasteiger charge is 2.16. The van der Waals surface area contributed by atoms with Crippen LogP contribution >= 0.6 is 0 Å². The normalized spacial score (nSPS) is 10.5. The molecule has 6 heteroatoms. The molecule has 5 nitrogen and oxygen atoms in total. The van der Waals surface area contributed by atoms with Crippen LogP contribution in [0.2, 0.25) is 0 Å². The van der Waals surface area contributed by atoms with Crippen molar-refractivity contribution in [2.45, 2.75) is 27.3 Å². The zero-order valence-corrected chi connectivity index (χ0v) is 12.3. The van der Waals surface area contributed by atoms with Crippen molar-refractivity contribution >= 4 is 11.6 Å². The summed E-state index contributed by atoms with van der Waals surface area (Å²) in [6, 6.07) is 4.42. The molecule has 2 rings (SSSR count). The van der Waals surface area contributed by atoms with E-state index in [1.165, 1.54) is 12.1 Å². The van der Waals surface area contributed by atoms with E-state index < -0.39 is 5.82 Å². The molecule has 0 unspecified atom stereocenters. The third kappa shape index (κ3) is 3.21. The topological polar surface area (TPSA) is 67.2 Å². The summed E-state index contributed by atoms with van der Waals surface area (Å²) < 4.78 is 18.8. The number of nitrogens with one attached hydrogen (secondary N) is 2. The van der Waals surface area contributed by atoms with E-state index in [4.69, 9.17) is 4.52 Å². The Morgan fingerprint density at radius 2 is 2.14 bits per heavy atom. The molecule has 0 radical (unpaired) electrons. The van der Waals surface area contributed by atoms with Crippen molar-refractivity contribution in [1.82, 2.24) is 10.5 Å². The molecule has 0 saturated carbocycles. The van der Waals surface area contributed by atoms with E-state index in [1.807, 2.05) is 13.8 Å². The summed E-state index contributed by atoms with van der Waals surface area (Å²) in [4.78, 5) is 12.2. The van der Waals surface area contributed by atoms with Crippen molar-refractivity contribution in [2.75, 3.05) is 11.9 Å². The highest BCUT2D eigenvalue weighted by molar-refractivity contribution is 5.99. The van der Waals surface area contributed by atoms with E-state index in [9.17, 15) is 9.18 Å². The maximum absolute atomic E-state index is 13.8. The van der Waals surface area contributed by atoms with Gasteiger partial charge < -0.3 is 15.2 Å². The number of amides is 1. The van der Waals surface area contributed by atoms with Gasteiger partial charge in [0.05, 0.1) is 16.9 Å². The minimum absolute atomic E-state index is 0.219. The molecule has 0 saturated heterocycles. The molecule has 0 spiro atoms. The molecule has 21 heavy (non-hydrogen) atoms. The number of hydrogen-bond donors (Lipinski definition) is 2. The van der Waals surface area contributed by atoms with Crippen LogP contribution in [-0.4, -0.2) is 17.6 Å². The zero-order chi connectivity index (χ0) is 15.4. The molecule has 2 N–H and O–H groups in total. The molecule has 0 aliphatic rings. The van der Waals surface area contributed by atoms with Crippen LogP contribution in [0.3, 0.4) is 0 Å². The molecule has 1 amide bonds. The van der Waals surface area contributed by atoms with Gasteiger partial charge in [-0.25, -0.2) is 4.39 Å². The smallest absolute Gasteiger partial charge is 0.253 e. The van der Waals surface area contributed by atoms with E-state index in [0.717, 1.165) is 11.3 Å². The van der Waals surface area contributed by atoms with Crippen molar-refractivity contribution in [2.24, 2.45) is 0 Å². The molecule has 1 aromatic heterocycles. The first kappa shape index (κ1) is 15.0. The molecular weight excluding hydrogens is 273 g/mol. The number of para-hydroxylation sites is 1. The first-order valence-corrected chi connectivity index (χ1v) is 6.77. The SMILES string of the molecule is CCNc1c(F)cccc1C(=O)NCc1c(C)noc1C. The summed E-state index contributed by atoms with van der Waals surface area (Å²) in [5, 5.41) is 9.47. The lowest BCUT2D eigenvalue weighted by atomic mass is 10.1. The Hall–Kier alpha value is -2.37. The van der Waals surface area contributed by atoms with Crippen molar-refractivity contribution < 1.29 is 13.7 Å². The van der Waals surface area contributed by atoms with Gasteiger partial charge in [0, 0.05) is 18.7 Å². The van der Waals surface area contributed by atoms with Crippen LogP contribution in [0.25, 0.3) is 0 Å². The predicted octanol–water partition coefficient (Wildman–Crippen LogP) is 2.79. The number of hydrogen-bond acceptors (Lipinski definition) is 4. The number of carbonyl (C=O) groups excluding carboxylic acids is 1. The fourth-order valence-corrected chi connectivity index (χ4v) is 2.09. The number of rotatable bonds is 5. The maximum Gasteiger partial charge on any atom is 0.253 e. The van der Waals surface area contributed by atoms with E-state index in [2.05, 4.69) is 15.8 Å². The van der Waals surface area contributed by atoms with Gasteiger partial charge in [-0.2, -0.15) is 0 Å². The van der Waals surface area contributed by atoms with E-state index in [0.29, 0.717) is 18.8 Å². The third-order valence-corrected chi connectivity index (χ3v) is 3.22. The standard InChI is InChI=1S/C15H18FN3O2/c1-4-17-14-11(6-5-7-13(14)16)15(20)18-8-12-9(2)19-21-10(12)3/h5-7,17H,4,8H2,1-3H3,(H,18,20). The number of nitrogens with zero attached hydrogens (tertiary/aromatic N) is 1. The van der Waals surface area contributed by atoms with Gasteiger partial charge in [-0.05, 0) is 32.9 Å². The highest BCUT2D eigenvalue weighted by atomic mass is 19.1. The van der Waals surface area contributed by atoms with Crippen LogP contribution in [0.5, 0.6) is 0 Å². The average molecular weight is 291 g/mol. The quantitative estimate of drug-likeness (QED) is 0.889. The average Bonchev–Trinajstić information content (AvgIpc) is 2.78. The van der Waals surface area contributed by atoms with Gasteiger partial charge in [0.25, 0.3) is 5.91 Å². The van der Waals surface area contributed by atoms with Crippen LogP contribution in [0.4, 0.5) is 10.1 Å². The van der Waals surface area contributed by atoms with Crippen LogP contribution in [0.1, 0.15) is 34.3 Å². The van der Waals surface area contributed by atoms with Gasteiger partial charge in [0.15, 0.2) is 0 Å². The summed E-state index contributed by atoms with van der Waals surface area (Å²) in [5.41, 5.74) is 2.07. The lowest BCUT2D eigenvalue weighted by Crippen LogP contribution is -2.24. The first-order valence-electron chi connectivity index (χ1n) is 6.77. The molecule has 0 fully saturated rings. The second-order valence-corrected chi connectivity index (χ2v) is 4.68. The molecule has 1 heterocycles. The van der Waals surface area contributed by atoms with Crippen molar-refractivity contribution in [3.8, 4) is 0 Å². The minimum atomic E-state index is -0.443. The van der Waals surface area contributed by atoms with Crippen LogP contribution in [0.15, 0.2) is 22.7 Å². The lowest BCUT2D eigenvalue weighted by molar-refractivity contribution is 0.0951. The summed E-state index contributed by atoms with van der Waals surface area (Å²) >= 11 is 0. The number of halogens is 1. The predicted molar refractivity (Wildman–Crippen MR) is 77.7 cm³/mol. The summed E-state index contributed by atoms with van der Waals surface area (Å²) in [7, 11) is 0. The Labute approximate surface area is 122 Å². The lowest BCUT2D eigenvalue weighted by Gasteiger charge is -2.12. The fourth-order valence-electron chi connectivity index (χ4n) is 2.09. The molecule has 0 aliphatic carbocycles.